The molecule has 1 aromatic carbocycles. The van der Waals surface area contributed by atoms with Crippen molar-refractivity contribution in [3.63, 3.8) is 0 Å². The fraction of sp³-hybridized carbons (Fsp3) is 0.471. The summed E-state index contributed by atoms with van der Waals surface area (Å²) in [5.41, 5.74) is 1.47. The number of hydrogen-bond acceptors (Lipinski definition) is 5. The quantitative estimate of drug-likeness (QED) is 0.684. The lowest BCUT2D eigenvalue weighted by molar-refractivity contribution is -0.114. The number of hydrogen-bond donors (Lipinski definition) is 3. The molecule has 1 fully saturated rings. The highest BCUT2D eigenvalue weighted by Gasteiger charge is 2.24. The van der Waals surface area contributed by atoms with Crippen LogP contribution in [0.4, 0.5) is 11.5 Å². The van der Waals surface area contributed by atoms with E-state index in [1.54, 1.807) is 0 Å². The Morgan fingerprint density at radius 2 is 2.04 bits per heavy atom. The van der Waals surface area contributed by atoms with Crippen LogP contribution < -0.4 is 10.2 Å². The Morgan fingerprint density at radius 3 is 2.69 bits per heavy atom. The molecular formula is C17H23N4O4P. The van der Waals surface area contributed by atoms with Crippen LogP contribution in [0.1, 0.15) is 26.2 Å². The fourth-order valence-electron chi connectivity index (χ4n) is 3.36. The fourth-order valence-corrected chi connectivity index (χ4v) is 4.06. The molecule has 0 saturated carbocycles. The molecule has 3 N–H and O–H groups in total. The summed E-state index contributed by atoms with van der Waals surface area (Å²) in [7, 11) is -3.92. The molecule has 2 heterocycles. The third-order valence-electron chi connectivity index (χ3n) is 4.68. The SMILES string of the molecule is CC(=O)Nc1ccc2c(N3CCC(CCP(=O)(O)O)CC3)ncnc2c1. The first-order chi connectivity index (χ1) is 12.3. The molecule has 9 heteroatoms. The number of anilines is 2. The van der Waals surface area contributed by atoms with E-state index in [1.807, 2.05) is 18.2 Å². The van der Waals surface area contributed by atoms with E-state index in [9.17, 15) is 9.36 Å². The summed E-state index contributed by atoms with van der Waals surface area (Å²) < 4.78 is 11.0. The number of aromatic nitrogens is 2. The molecule has 1 amide bonds. The van der Waals surface area contributed by atoms with Gasteiger partial charge < -0.3 is 20.0 Å². The first-order valence-corrected chi connectivity index (χ1v) is 10.4. The van der Waals surface area contributed by atoms with Gasteiger partial charge in [-0.25, -0.2) is 9.97 Å². The van der Waals surface area contributed by atoms with Gasteiger partial charge in [0.15, 0.2) is 0 Å². The first-order valence-electron chi connectivity index (χ1n) is 8.64. The Kier molecular flexibility index (Phi) is 5.55. The second-order valence-electron chi connectivity index (χ2n) is 6.72. The van der Waals surface area contributed by atoms with Gasteiger partial charge in [-0.15, -0.1) is 0 Å². The number of nitrogens with zero attached hydrogens (tertiary/aromatic N) is 3. The van der Waals surface area contributed by atoms with Gasteiger partial charge >= 0.3 is 7.60 Å². The predicted octanol–water partition coefficient (Wildman–Crippen LogP) is 2.37. The minimum absolute atomic E-state index is 0.0416. The van der Waals surface area contributed by atoms with Crippen LogP contribution in [0.3, 0.4) is 0 Å². The Balaban J connectivity index is 1.71. The van der Waals surface area contributed by atoms with Gasteiger partial charge in [-0.2, -0.15) is 0 Å². The summed E-state index contributed by atoms with van der Waals surface area (Å²) in [5, 5.41) is 3.68. The van der Waals surface area contributed by atoms with Crippen LogP contribution in [0.15, 0.2) is 24.5 Å². The number of fused-ring (bicyclic) bond motifs is 1. The topological polar surface area (TPSA) is 116 Å². The van der Waals surface area contributed by atoms with Gasteiger partial charge in [-0.1, -0.05) is 0 Å². The normalized spacial score (nSPS) is 16.0. The zero-order valence-corrected chi connectivity index (χ0v) is 15.5. The maximum absolute atomic E-state index is 11.2. The first kappa shape index (κ1) is 18.8. The van der Waals surface area contributed by atoms with Crippen LogP contribution in [0.5, 0.6) is 0 Å². The Morgan fingerprint density at radius 1 is 1.31 bits per heavy atom. The molecule has 2 aromatic rings. The van der Waals surface area contributed by atoms with Gasteiger partial charge in [0.25, 0.3) is 0 Å². The highest BCUT2D eigenvalue weighted by molar-refractivity contribution is 7.51. The number of rotatable bonds is 5. The zero-order chi connectivity index (χ0) is 18.7. The Labute approximate surface area is 151 Å². The number of nitrogens with one attached hydrogen (secondary N) is 1. The van der Waals surface area contributed by atoms with E-state index in [2.05, 4.69) is 20.2 Å². The minimum atomic E-state index is -3.92. The second-order valence-corrected chi connectivity index (χ2v) is 8.49. The molecule has 26 heavy (non-hydrogen) atoms. The van der Waals surface area contributed by atoms with Gasteiger partial charge in [-0.05, 0) is 43.4 Å². The summed E-state index contributed by atoms with van der Waals surface area (Å²) in [6.07, 6.45) is 3.81. The van der Waals surface area contributed by atoms with Crippen molar-refractivity contribution in [1.82, 2.24) is 9.97 Å². The third kappa shape index (κ3) is 4.78. The van der Waals surface area contributed by atoms with Crippen LogP contribution in [-0.4, -0.2) is 44.9 Å². The average molecular weight is 378 g/mol. The molecule has 1 aliphatic heterocycles. The summed E-state index contributed by atoms with van der Waals surface area (Å²) in [4.78, 5) is 40.2. The molecule has 0 radical (unpaired) electrons. The molecule has 0 atom stereocenters. The number of piperidine rings is 1. The van der Waals surface area contributed by atoms with Crippen molar-refractivity contribution in [2.75, 3.05) is 29.5 Å². The van der Waals surface area contributed by atoms with Crippen LogP contribution in [0, 0.1) is 5.92 Å². The predicted molar refractivity (Wildman–Crippen MR) is 100 cm³/mol. The molecule has 0 aliphatic carbocycles. The number of amides is 1. The van der Waals surface area contributed by atoms with Crippen LogP contribution >= 0.6 is 7.60 Å². The van der Waals surface area contributed by atoms with Gasteiger partial charge in [0.2, 0.25) is 5.91 Å². The molecule has 3 rings (SSSR count). The van der Waals surface area contributed by atoms with Crippen molar-refractivity contribution in [2.45, 2.75) is 26.2 Å². The van der Waals surface area contributed by atoms with Gasteiger partial charge in [-0.3, -0.25) is 9.36 Å². The van der Waals surface area contributed by atoms with Crippen LogP contribution in [0.2, 0.25) is 0 Å². The lowest BCUT2D eigenvalue weighted by Crippen LogP contribution is -2.34. The van der Waals surface area contributed by atoms with Crippen molar-refractivity contribution in [3.05, 3.63) is 24.5 Å². The lowest BCUT2D eigenvalue weighted by atomic mass is 9.94. The van der Waals surface area contributed by atoms with E-state index in [0.29, 0.717) is 18.0 Å². The molecule has 1 aromatic heterocycles. The van der Waals surface area contributed by atoms with Crippen molar-refractivity contribution in [2.24, 2.45) is 5.92 Å². The van der Waals surface area contributed by atoms with Crippen molar-refractivity contribution >= 4 is 35.9 Å². The molecule has 1 saturated heterocycles. The average Bonchev–Trinajstić information content (AvgIpc) is 2.58. The smallest absolute Gasteiger partial charge is 0.325 e. The summed E-state index contributed by atoms with van der Waals surface area (Å²) in [6.45, 7) is 3.06. The molecule has 8 nitrogen and oxygen atoms in total. The standard InChI is InChI=1S/C17H23N4O4P/c1-12(22)20-14-2-3-15-16(10-14)18-11-19-17(15)21-7-4-13(5-8-21)6-9-26(23,24)25/h2-3,10-11,13H,4-9H2,1H3,(H,20,22)(H2,23,24,25). The van der Waals surface area contributed by atoms with Crippen molar-refractivity contribution in [1.29, 1.82) is 0 Å². The number of benzene rings is 1. The zero-order valence-electron chi connectivity index (χ0n) is 14.6. The lowest BCUT2D eigenvalue weighted by Gasteiger charge is -2.33. The van der Waals surface area contributed by atoms with E-state index in [-0.39, 0.29) is 12.1 Å². The summed E-state index contributed by atoms with van der Waals surface area (Å²) in [6, 6.07) is 5.58. The summed E-state index contributed by atoms with van der Waals surface area (Å²) >= 11 is 0. The largest absolute Gasteiger partial charge is 0.356 e. The number of carbonyl (C=O) groups excluding carboxylic acids is 1. The van der Waals surface area contributed by atoms with Crippen LogP contribution in [-0.2, 0) is 9.36 Å². The van der Waals surface area contributed by atoms with Gasteiger partial charge in [0, 0.05) is 31.1 Å². The van der Waals surface area contributed by atoms with Crippen molar-refractivity contribution < 1.29 is 19.1 Å². The highest BCUT2D eigenvalue weighted by Crippen LogP contribution is 2.38. The maximum atomic E-state index is 11.2. The molecule has 0 spiro atoms. The summed E-state index contributed by atoms with van der Waals surface area (Å²) in [5.74, 6) is 1.06. The Bertz CT molecular complexity index is 846. The van der Waals surface area contributed by atoms with Gasteiger partial charge in [0.1, 0.15) is 12.1 Å². The maximum Gasteiger partial charge on any atom is 0.325 e. The van der Waals surface area contributed by atoms with Crippen LogP contribution in [0.25, 0.3) is 10.9 Å². The third-order valence-corrected chi connectivity index (χ3v) is 5.52. The van der Waals surface area contributed by atoms with E-state index in [1.165, 1.54) is 13.3 Å². The Hall–Kier alpha value is -2.02. The van der Waals surface area contributed by atoms with E-state index in [0.717, 1.165) is 42.7 Å². The van der Waals surface area contributed by atoms with E-state index >= 15 is 0 Å². The monoisotopic (exact) mass is 378 g/mol. The second kappa shape index (κ2) is 7.70. The minimum Gasteiger partial charge on any atom is -0.356 e. The van der Waals surface area contributed by atoms with Gasteiger partial charge in [0.05, 0.1) is 11.7 Å². The molecule has 140 valence electrons. The van der Waals surface area contributed by atoms with E-state index in [4.69, 9.17) is 9.79 Å². The number of carbonyl (C=O) groups is 1. The van der Waals surface area contributed by atoms with Crippen molar-refractivity contribution in [3.8, 4) is 0 Å². The molecule has 1 aliphatic rings. The molecule has 0 unspecified atom stereocenters. The highest BCUT2D eigenvalue weighted by atomic mass is 31.2. The molecular weight excluding hydrogens is 355 g/mol. The molecule has 0 bridgehead atoms. The van der Waals surface area contributed by atoms with E-state index < -0.39 is 7.60 Å².